The van der Waals surface area contributed by atoms with E-state index in [1.54, 1.807) is 0 Å². The first-order chi connectivity index (χ1) is 3.29. The summed E-state index contributed by atoms with van der Waals surface area (Å²) in [5.74, 6) is -0.769. The van der Waals surface area contributed by atoms with E-state index in [9.17, 15) is 9.90 Å². The summed E-state index contributed by atoms with van der Waals surface area (Å²) in [5.41, 5.74) is 0. The average Bonchev–Trinajstić information content (AvgIpc) is 1.87. The third-order valence-corrected chi connectivity index (χ3v) is 0.636. The van der Waals surface area contributed by atoms with Crippen molar-refractivity contribution in [2.45, 2.75) is 0 Å². The van der Waals surface area contributed by atoms with E-state index in [0.717, 1.165) is 6.08 Å². The van der Waals surface area contributed by atoms with E-state index in [-0.39, 0.29) is 12.4 Å². The molecular weight excluding hydrogens is 96.0 g/mol. The van der Waals surface area contributed by atoms with Crippen molar-refractivity contribution in [2.75, 3.05) is 6.61 Å². The van der Waals surface area contributed by atoms with Crippen molar-refractivity contribution in [3.63, 3.8) is 0 Å². The van der Waals surface area contributed by atoms with Gasteiger partial charge in [0.1, 0.15) is 6.61 Å². The predicted octanol–water partition coefficient (Wildman–Crippen LogP) is -1.21. The van der Waals surface area contributed by atoms with E-state index < -0.39 is 5.97 Å². The smallest absolute Gasteiger partial charge is 0.330 e. The zero-order valence-corrected chi connectivity index (χ0v) is 3.51. The maximum Gasteiger partial charge on any atom is 0.330 e. The normalized spacial score (nSPS) is 18.9. The third kappa shape index (κ3) is 0.707. The standard InChI is InChI=1S/C4H4O3/c5-3-1-4(6)7-2-3/h1,5H,2H2/p-1. The van der Waals surface area contributed by atoms with Crippen LogP contribution in [0, 0.1) is 0 Å². The fourth-order valence-corrected chi connectivity index (χ4v) is 0.357. The molecule has 0 aromatic rings. The number of hydrogen-bond donors (Lipinski definition) is 0. The van der Waals surface area contributed by atoms with Crippen LogP contribution in [0.25, 0.3) is 0 Å². The Hall–Kier alpha value is -0.990. The van der Waals surface area contributed by atoms with Crippen LogP contribution >= 0.6 is 0 Å². The maximum absolute atomic E-state index is 10.1. The largest absolute Gasteiger partial charge is 0.873 e. The fourth-order valence-electron chi connectivity index (χ4n) is 0.357. The third-order valence-electron chi connectivity index (χ3n) is 0.636. The second kappa shape index (κ2) is 1.26. The highest BCUT2D eigenvalue weighted by atomic mass is 16.5. The molecule has 0 spiro atoms. The monoisotopic (exact) mass is 99.0 g/mol. The van der Waals surface area contributed by atoms with Crippen molar-refractivity contribution < 1.29 is 14.6 Å². The van der Waals surface area contributed by atoms with Crippen molar-refractivity contribution >= 4 is 5.97 Å². The maximum atomic E-state index is 10.1. The Morgan fingerprint density at radius 2 is 2.57 bits per heavy atom. The lowest BCUT2D eigenvalue weighted by atomic mass is 10.5. The Balaban J connectivity index is 2.67. The lowest BCUT2D eigenvalue weighted by Gasteiger charge is -1.97. The van der Waals surface area contributed by atoms with Gasteiger partial charge in [0.2, 0.25) is 0 Å². The number of carbonyl (C=O) groups excluding carboxylic acids is 1. The molecule has 0 saturated carbocycles. The number of hydrogen-bond acceptors (Lipinski definition) is 3. The van der Waals surface area contributed by atoms with Crippen LogP contribution in [0.1, 0.15) is 0 Å². The molecule has 0 aliphatic carbocycles. The molecule has 0 atom stereocenters. The van der Waals surface area contributed by atoms with Crippen LogP contribution < -0.4 is 5.11 Å². The molecule has 0 amide bonds. The molecule has 3 heteroatoms. The van der Waals surface area contributed by atoms with Gasteiger partial charge in [-0.1, -0.05) is 5.76 Å². The molecule has 0 radical (unpaired) electrons. The quantitative estimate of drug-likeness (QED) is 0.358. The number of carbonyl (C=O) groups is 1. The predicted molar refractivity (Wildman–Crippen MR) is 19.0 cm³/mol. The Labute approximate surface area is 40.2 Å². The number of rotatable bonds is 0. The van der Waals surface area contributed by atoms with Gasteiger partial charge >= 0.3 is 5.97 Å². The summed E-state index contributed by atoms with van der Waals surface area (Å²) in [5, 5.41) is 10.1. The summed E-state index contributed by atoms with van der Waals surface area (Å²) < 4.78 is 4.22. The summed E-state index contributed by atoms with van der Waals surface area (Å²) in [6, 6.07) is 0. The summed E-state index contributed by atoms with van der Waals surface area (Å²) in [6.45, 7) is -0.0706. The molecule has 1 heterocycles. The minimum absolute atomic E-state index is 0.0706. The van der Waals surface area contributed by atoms with E-state index in [1.165, 1.54) is 0 Å². The molecule has 7 heavy (non-hydrogen) atoms. The molecular formula is C4H3O3-. The summed E-state index contributed by atoms with van der Waals surface area (Å²) in [7, 11) is 0. The minimum Gasteiger partial charge on any atom is -0.873 e. The van der Waals surface area contributed by atoms with Gasteiger partial charge < -0.3 is 9.84 Å². The lowest BCUT2D eigenvalue weighted by molar-refractivity contribution is -0.307. The fraction of sp³-hybridized carbons (Fsp3) is 0.250. The van der Waals surface area contributed by atoms with Crippen molar-refractivity contribution in [1.82, 2.24) is 0 Å². The van der Waals surface area contributed by atoms with Crippen molar-refractivity contribution in [3.8, 4) is 0 Å². The Morgan fingerprint density at radius 1 is 1.86 bits per heavy atom. The van der Waals surface area contributed by atoms with Gasteiger partial charge in [-0.3, -0.25) is 0 Å². The molecule has 0 N–H and O–H groups in total. The highest BCUT2D eigenvalue weighted by Gasteiger charge is 2.02. The van der Waals surface area contributed by atoms with Gasteiger partial charge in [0.25, 0.3) is 0 Å². The molecule has 0 bridgehead atoms. The lowest BCUT2D eigenvalue weighted by Crippen LogP contribution is -2.03. The first-order valence-electron chi connectivity index (χ1n) is 1.83. The van der Waals surface area contributed by atoms with Crippen LogP contribution in [-0.2, 0) is 9.53 Å². The summed E-state index contributed by atoms with van der Waals surface area (Å²) >= 11 is 0. The molecule has 38 valence electrons. The Morgan fingerprint density at radius 3 is 2.71 bits per heavy atom. The zero-order chi connectivity index (χ0) is 5.28. The van der Waals surface area contributed by atoms with Gasteiger partial charge in [-0.2, -0.15) is 0 Å². The number of ether oxygens (including phenoxy) is 1. The van der Waals surface area contributed by atoms with E-state index in [4.69, 9.17) is 0 Å². The molecule has 1 aliphatic rings. The first kappa shape index (κ1) is 4.18. The SMILES string of the molecule is O=C1C=C([O-])CO1. The molecule has 0 fully saturated rings. The van der Waals surface area contributed by atoms with Gasteiger partial charge in [-0.05, 0) is 0 Å². The first-order valence-corrected chi connectivity index (χ1v) is 1.83. The number of cyclic esters (lactones) is 1. The molecule has 1 rings (SSSR count). The van der Waals surface area contributed by atoms with Crippen LogP contribution in [0.15, 0.2) is 11.8 Å². The topological polar surface area (TPSA) is 49.4 Å². The van der Waals surface area contributed by atoms with Gasteiger partial charge in [0, 0.05) is 6.08 Å². The molecule has 0 aromatic heterocycles. The Kier molecular flexibility index (Phi) is 0.749. The molecule has 0 aromatic carbocycles. The van der Waals surface area contributed by atoms with Crippen LogP contribution in [0.2, 0.25) is 0 Å². The molecule has 0 saturated heterocycles. The highest BCUT2D eigenvalue weighted by Crippen LogP contribution is 1.96. The zero-order valence-electron chi connectivity index (χ0n) is 3.51. The second-order valence-corrected chi connectivity index (χ2v) is 1.22. The van der Waals surface area contributed by atoms with Crippen LogP contribution in [0.5, 0.6) is 0 Å². The van der Waals surface area contributed by atoms with Gasteiger partial charge in [-0.15, -0.1) is 0 Å². The van der Waals surface area contributed by atoms with E-state index in [2.05, 4.69) is 4.74 Å². The average molecular weight is 99.1 g/mol. The van der Waals surface area contributed by atoms with Gasteiger partial charge in [-0.25, -0.2) is 4.79 Å². The van der Waals surface area contributed by atoms with E-state index >= 15 is 0 Å². The van der Waals surface area contributed by atoms with Crippen LogP contribution in [0.4, 0.5) is 0 Å². The minimum atomic E-state index is -0.523. The Bertz CT molecular complexity index is 125. The van der Waals surface area contributed by atoms with Crippen LogP contribution in [-0.4, -0.2) is 12.6 Å². The van der Waals surface area contributed by atoms with Crippen molar-refractivity contribution in [2.24, 2.45) is 0 Å². The van der Waals surface area contributed by atoms with Crippen LogP contribution in [0.3, 0.4) is 0 Å². The van der Waals surface area contributed by atoms with Crippen molar-refractivity contribution in [1.29, 1.82) is 0 Å². The van der Waals surface area contributed by atoms with Gasteiger partial charge in [0.05, 0.1) is 0 Å². The summed E-state index contributed by atoms with van der Waals surface area (Å²) in [4.78, 5) is 9.95. The van der Waals surface area contributed by atoms with E-state index in [0.29, 0.717) is 0 Å². The second-order valence-electron chi connectivity index (χ2n) is 1.22. The highest BCUT2D eigenvalue weighted by molar-refractivity contribution is 5.84. The molecule has 1 aliphatic heterocycles. The van der Waals surface area contributed by atoms with Gasteiger partial charge in [0.15, 0.2) is 0 Å². The van der Waals surface area contributed by atoms with E-state index in [1.807, 2.05) is 0 Å². The molecule has 0 unspecified atom stereocenters. The summed E-state index contributed by atoms with van der Waals surface area (Å²) in [6.07, 6.45) is 0.944. The van der Waals surface area contributed by atoms with Crippen molar-refractivity contribution in [3.05, 3.63) is 11.8 Å². The number of esters is 1. The molecule has 3 nitrogen and oxygen atoms in total.